The normalized spacial score (nSPS) is 14.5. The number of methoxy groups -OCH3 is 1. The van der Waals surface area contributed by atoms with E-state index in [9.17, 15) is 12.8 Å². The molecule has 2 aromatic carbocycles. The van der Waals surface area contributed by atoms with Crippen molar-refractivity contribution in [3.8, 4) is 5.75 Å². The molecule has 0 atom stereocenters. The lowest BCUT2D eigenvalue weighted by atomic mass is 10.0. The highest BCUT2D eigenvalue weighted by molar-refractivity contribution is 14.1. The summed E-state index contributed by atoms with van der Waals surface area (Å²) in [5.74, 6) is -0.354. The summed E-state index contributed by atoms with van der Waals surface area (Å²) in [6.45, 7) is 1.70. The predicted octanol–water partition coefficient (Wildman–Crippen LogP) is 2.93. The maximum absolute atomic E-state index is 14.1. The van der Waals surface area contributed by atoms with E-state index >= 15 is 0 Å². The number of halogens is 2. The third-order valence-electron chi connectivity index (χ3n) is 4.09. The quantitative estimate of drug-likeness (QED) is 0.667. The van der Waals surface area contributed by atoms with Crippen molar-refractivity contribution < 1.29 is 17.5 Å². The van der Waals surface area contributed by atoms with Crippen LogP contribution in [-0.4, -0.2) is 28.6 Å². The second kappa shape index (κ2) is 7.46. The third-order valence-corrected chi connectivity index (χ3v) is 6.16. The third kappa shape index (κ3) is 4.06. The molecule has 134 valence electrons. The molecule has 0 fully saturated rings. The fourth-order valence-corrected chi connectivity index (χ4v) is 4.42. The molecule has 0 radical (unpaired) electrons. The van der Waals surface area contributed by atoms with Gasteiger partial charge in [0.15, 0.2) is 0 Å². The first-order valence-electron chi connectivity index (χ1n) is 7.79. The molecular weight excluding hydrogens is 458 g/mol. The number of fused-ring (bicyclic) bond motifs is 1. The van der Waals surface area contributed by atoms with E-state index in [2.05, 4.69) is 10.0 Å². The average Bonchev–Trinajstić information content (AvgIpc) is 2.78. The monoisotopic (exact) mass is 476 g/mol. The zero-order valence-corrected chi connectivity index (χ0v) is 16.6. The summed E-state index contributed by atoms with van der Waals surface area (Å²) < 4.78 is 47.8. The van der Waals surface area contributed by atoms with Crippen LogP contribution in [0.3, 0.4) is 0 Å². The van der Waals surface area contributed by atoms with Crippen molar-refractivity contribution in [2.45, 2.75) is 17.7 Å². The molecule has 1 aliphatic rings. The van der Waals surface area contributed by atoms with Crippen molar-refractivity contribution in [2.75, 3.05) is 24.9 Å². The van der Waals surface area contributed by atoms with Gasteiger partial charge in [0.2, 0.25) is 0 Å². The molecule has 0 bridgehead atoms. The summed E-state index contributed by atoms with van der Waals surface area (Å²) in [4.78, 5) is -0.383. The van der Waals surface area contributed by atoms with E-state index in [-0.39, 0.29) is 4.90 Å². The Kier molecular flexibility index (Phi) is 5.49. The van der Waals surface area contributed by atoms with Crippen LogP contribution in [-0.2, 0) is 22.9 Å². The molecule has 0 saturated carbocycles. The fraction of sp³-hybridized carbons (Fsp3) is 0.294. The number of benzene rings is 2. The van der Waals surface area contributed by atoms with Crippen molar-refractivity contribution in [2.24, 2.45) is 0 Å². The van der Waals surface area contributed by atoms with Crippen LogP contribution in [0.25, 0.3) is 0 Å². The average molecular weight is 476 g/mol. The fourth-order valence-electron chi connectivity index (χ4n) is 2.84. The molecule has 0 aromatic heterocycles. The summed E-state index contributed by atoms with van der Waals surface area (Å²) in [7, 11) is -2.57. The van der Waals surface area contributed by atoms with Crippen LogP contribution in [0, 0.1) is 9.39 Å². The maximum atomic E-state index is 14.1. The Hall–Kier alpha value is -1.39. The minimum Gasteiger partial charge on any atom is -0.495 e. The highest BCUT2D eigenvalue weighted by Crippen LogP contribution is 2.32. The molecule has 0 unspecified atom stereocenters. The Morgan fingerprint density at radius 2 is 1.84 bits per heavy atom. The first kappa shape index (κ1) is 18.4. The second-order valence-electron chi connectivity index (χ2n) is 5.75. The molecular formula is C17H18FIN2O3S. The molecule has 0 amide bonds. The highest BCUT2D eigenvalue weighted by Gasteiger charge is 2.22. The number of ether oxygens (including phenoxy) is 1. The first-order chi connectivity index (χ1) is 11.9. The lowest BCUT2D eigenvalue weighted by molar-refractivity contribution is 0.416. The minimum absolute atomic E-state index is 0.320. The van der Waals surface area contributed by atoms with Gasteiger partial charge in [-0.25, -0.2) is 12.8 Å². The van der Waals surface area contributed by atoms with Crippen molar-refractivity contribution >= 4 is 38.3 Å². The van der Waals surface area contributed by atoms with Crippen molar-refractivity contribution in [1.82, 2.24) is 5.32 Å². The summed E-state index contributed by atoms with van der Waals surface area (Å²) in [6, 6.07) is 7.64. The van der Waals surface area contributed by atoms with Gasteiger partial charge in [-0.2, -0.15) is 0 Å². The number of hydrogen-bond donors (Lipinski definition) is 2. The lowest BCUT2D eigenvalue weighted by Crippen LogP contribution is -2.16. The Labute approximate surface area is 160 Å². The van der Waals surface area contributed by atoms with Gasteiger partial charge in [0.05, 0.1) is 12.8 Å². The van der Waals surface area contributed by atoms with E-state index in [4.69, 9.17) is 4.74 Å². The smallest absolute Gasteiger partial charge is 0.264 e. The minimum atomic E-state index is -4.05. The van der Waals surface area contributed by atoms with Crippen molar-refractivity contribution in [3.63, 3.8) is 0 Å². The van der Waals surface area contributed by atoms with E-state index in [1.165, 1.54) is 19.2 Å². The SMILES string of the molecule is COc1cc2c(cc1NS(=O)(=O)c1ccc(I)cc1F)CCNCC2. The van der Waals surface area contributed by atoms with Gasteiger partial charge in [0.1, 0.15) is 16.5 Å². The van der Waals surface area contributed by atoms with E-state index < -0.39 is 15.8 Å². The van der Waals surface area contributed by atoms with Gasteiger partial charge in [0.25, 0.3) is 10.0 Å². The Bertz CT molecular complexity index is 903. The van der Waals surface area contributed by atoms with E-state index in [1.54, 1.807) is 12.1 Å². The molecule has 1 heterocycles. The molecule has 0 aliphatic carbocycles. The van der Waals surface area contributed by atoms with Crippen LogP contribution < -0.4 is 14.8 Å². The summed E-state index contributed by atoms with van der Waals surface area (Å²) in [5.41, 5.74) is 2.51. The lowest BCUT2D eigenvalue weighted by Gasteiger charge is -2.16. The molecule has 5 nitrogen and oxygen atoms in total. The van der Waals surface area contributed by atoms with Gasteiger partial charge in [-0.3, -0.25) is 4.72 Å². The molecule has 0 spiro atoms. The van der Waals surface area contributed by atoms with Crippen LogP contribution in [0.4, 0.5) is 10.1 Å². The van der Waals surface area contributed by atoms with E-state index in [0.717, 1.165) is 37.1 Å². The largest absolute Gasteiger partial charge is 0.495 e. The van der Waals surface area contributed by atoms with E-state index in [0.29, 0.717) is 15.0 Å². The molecule has 8 heteroatoms. The number of rotatable bonds is 4. The zero-order chi connectivity index (χ0) is 18.0. The summed E-state index contributed by atoms with van der Waals surface area (Å²) in [5, 5.41) is 3.31. The molecule has 2 N–H and O–H groups in total. The number of nitrogens with one attached hydrogen (secondary N) is 2. The Morgan fingerprint density at radius 3 is 2.48 bits per heavy atom. The topological polar surface area (TPSA) is 67.4 Å². The molecule has 0 saturated heterocycles. The van der Waals surface area contributed by atoms with Gasteiger partial charge < -0.3 is 10.1 Å². The molecule has 2 aromatic rings. The van der Waals surface area contributed by atoms with Gasteiger partial charge >= 0.3 is 0 Å². The van der Waals surface area contributed by atoms with Gasteiger partial charge in [-0.05, 0) is 90.0 Å². The highest BCUT2D eigenvalue weighted by atomic mass is 127. The number of hydrogen-bond acceptors (Lipinski definition) is 4. The Balaban J connectivity index is 2.00. The van der Waals surface area contributed by atoms with Gasteiger partial charge in [-0.15, -0.1) is 0 Å². The van der Waals surface area contributed by atoms with Crippen LogP contribution >= 0.6 is 22.6 Å². The zero-order valence-electron chi connectivity index (χ0n) is 13.6. The molecule has 3 rings (SSSR count). The van der Waals surface area contributed by atoms with Crippen molar-refractivity contribution in [3.05, 3.63) is 50.8 Å². The number of sulfonamides is 1. The predicted molar refractivity (Wildman–Crippen MR) is 103 cm³/mol. The maximum Gasteiger partial charge on any atom is 0.264 e. The van der Waals surface area contributed by atoms with Crippen LogP contribution in [0.15, 0.2) is 35.2 Å². The first-order valence-corrected chi connectivity index (χ1v) is 10.4. The van der Waals surface area contributed by atoms with E-state index in [1.807, 2.05) is 28.7 Å². The van der Waals surface area contributed by atoms with Crippen LogP contribution in [0.5, 0.6) is 5.75 Å². The standard InChI is InChI=1S/C17H18FIN2O3S/c1-24-16-9-12-5-7-20-6-4-11(12)8-15(16)21-25(22,23)17-3-2-13(19)10-14(17)18/h2-3,8-10,20-21H,4-7H2,1H3. The number of anilines is 1. The summed E-state index contributed by atoms with van der Waals surface area (Å²) >= 11 is 1.93. The molecule has 25 heavy (non-hydrogen) atoms. The van der Waals surface area contributed by atoms with Gasteiger partial charge in [0, 0.05) is 3.57 Å². The van der Waals surface area contributed by atoms with Crippen molar-refractivity contribution in [1.29, 1.82) is 0 Å². The Morgan fingerprint density at radius 1 is 1.16 bits per heavy atom. The molecule has 1 aliphatic heterocycles. The summed E-state index contributed by atoms with van der Waals surface area (Å²) in [6.07, 6.45) is 1.65. The second-order valence-corrected chi connectivity index (χ2v) is 8.65. The van der Waals surface area contributed by atoms with Crippen LogP contribution in [0.1, 0.15) is 11.1 Å². The van der Waals surface area contributed by atoms with Crippen LogP contribution in [0.2, 0.25) is 0 Å². The van der Waals surface area contributed by atoms with Gasteiger partial charge in [-0.1, -0.05) is 0 Å².